The molecule has 10 heteroatoms. The number of hydrogen-bond donors (Lipinski definition) is 1. The van der Waals surface area contributed by atoms with Crippen LogP contribution in [0, 0.1) is 0 Å². The van der Waals surface area contributed by atoms with Crippen LogP contribution < -0.4 is 5.32 Å². The highest BCUT2D eigenvalue weighted by atomic mass is 35.5. The molecule has 1 N–H and O–H groups in total. The van der Waals surface area contributed by atoms with Gasteiger partial charge in [-0.2, -0.15) is 13.2 Å². The number of carbonyl (C=O) groups excluding carboxylic acids is 1. The Bertz CT molecular complexity index is 1060. The molecule has 0 atom stereocenters. The minimum Gasteiger partial charge on any atom is -0.461 e. The fourth-order valence-electron chi connectivity index (χ4n) is 2.37. The first kappa shape index (κ1) is 20.2. The number of alkyl halides is 3. The third kappa shape index (κ3) is 4.28. The molecule has 0 saturated heterocycles. The van der Waals surface area contributed by atoms with Crippen molar-refractivity contribution >= 4 is 51.7 Å². The molecule has 0 aliphatic carbocycles. The molecule has 5 nitrogen and oxygen atoms in total. The Morgan fingerprint density at radius 3 is 2.46 bits per heavy atom. The second kappa shape index (κ2) is 7.81. The second-order valence-corrected chi connectivity index (χ2v) is 6.41. The van der Waals surface area contributed by atoms with Crippen LogP contribution in [0.15, 0.2) is 36.4 Å². The summed E-state index contributed by atoms with van der Waals surface area (Å²) in [5, 5.41) is 3.48. The molecule has 0 aliphatic rings. The maximum atomic E-state index is 13.0. The van der Waals surface area contributed by atoms with Crippen LogP contribution >= 0.6 is 23.2 Å². The van der Waals surface area contributed by atoms with Crippen molar-refractivity contribution in [2.24, 2.45) is 0 Å². The number of benzene rings is 2. The molecule has 0 spiro atoms. The molecular weight excluding hydrogens is 418 g/mol. The van der Waals surface area contributed by atoms with Gasteiger partial charge in [-0.15, -0.1) is 0 Å². The van der Waals surface area contributed by atoms with Gasteiger partial charge in [0, 0.05) is 5.69 Å². The van der Waals surface area contributed by atoms with Gasteiger partial charge in [0.2, 0.25) is 0 Å². The average molecular weight is 430 g/mol. The highest BCUT2D eigenvalue weighted by molar-refractivity contribution is 6.42. The highest BCUT2D eigenvalue weighted by Gasteiger charge is 2.31. The summed E-state index contributed by atoms with van der Waals surface area (Å²) in [7, 11) is 0. The fraction of sp³-hybridized carbons (Fsp3) is 0.167. The van der Waals surface area contributed by atoms with Gasteiger partial charge >= 0.3 is 12.1 Å². The molecule has 0 aliphatic heterocycles. The summed E-state index contributed by atoms with van der Waals surface area (Å²) in [5.74, 6) is -0.805. The summed E-state index contributed by atoms with van der Waals surface area (Å²) in [6.07, 6.45) is -4.54. The predicted octanol–water partition coefficient (Wildman–Crippen LogP) is 5.88. The van der Waals surface area contributed by atoms with E-state index in [1.807, 2.05) is 0 Å². The Balaban J connectivity index is 2.12. The fourth-order valence-corrected chi connectivity index (χ4v) is 2.67. The third-order valence-electron chi connectivity index (χ3n) is 3.64. The zero-order valence-corrected chi connectivity index (χ0v) is 15.8. The molecule has 0 unspecified atom stereocenters. The van der Waals surface area contributed by atoms with Gasteiger partial charge in [-0.1, -0.05) is 23.2 Å². The molecule has 0 saturated carbocycles. The summed E-state index contributed by atoms with van der Waals surface area (Å²) >= 11 is 11.9. The summed E-state index contributed by atoms with van der Waals surface area (Å²) in [5.41, 5.74) is -0.601. The Kier molecular flexibility index (Phi) is 5.62. The quantitative estimate of drug-likeness (QED) is 0.524. The summed E-state index contributed by atoms with van der Waals surface area (Å²) < 4.78 is 43.8. The molecular formula is C18H12Cl2F3N3O2. The molecule has 0 bridgehead atoms. The van der Waals surface area contributed by atoms with Crippen molar-refractivity contribution in [2.45, 2.75) is 13.1 Å². The van der Waals surface area contributed by atoms with Gasteiger partial charge in [-0.05, 0) is 43.3 Å². The maximum absolute atomic E-state index is 13.0. The number of aromatic nitrogens is 2. The van der Waals surface area contributed by atoms with Crippen molar-refractivity contribution in [1.82, 2.24) is 9.97 Å². The van der Waals surface area contributed by atoms with Gasteiger partial charge in [0.25, 0.3) is 0 Å². The smallest absolute Gasteiger partial charge is 0.416 e. The van der Waals surface area contributed by atoms with Crippen LogP contribution in [0.5, 0.6) is 0 Å². The van der Waals surface area contributed by atoms with Gasteiger partial charge in [0.05, 0.1) is 33.2 Å². The van der Waals surface area contributed by atoms with Gasteiger partial charge in [-0.3, -0.25) is 0 Å². The van der Waals surface area contributed by atoms with E-state index in [0.717, 1.165) is 12.1 Å². The summed E-state index contributed by atoms with van der Waals surface area (Å²) in [6.45, 7) is 1.66. The minimum absolute atomic E-state index is 0.0177. The van der Waals surface area contributed by atoms with E-state index in [1.54, 1.807) is 19.1 Å². The van der Waals surface area contributed by atoms with Crippen LogP contribution in [0.4, 0.5) is 24.7 Å². The molecule has 146 valence electrons. The Morgan fingerprint density at radius 2 is 1.82 bits per heavy atom. The van der Waals surface area contributed by atoms with E-state index >= 15 is 0 Å². The minimum atomic E-state index is -4.54. The predicted molar refractivity (Wildman–Crippen MR) is 100 cm³/mol. The number of nitrogens with zero attached hydrogens (tertiary/aromatic N) is 2. The lowest BCUT2D eigenvalue weighted by Crippen LogP contribution is -2.13. The van der Waals surface area contributed by atoms with Gasteiger partial charge in [0.15, 0.2) is 11.5 Å². The molecule has 0 fully saturated rings. The van der Waals surface area contributed by atoms with E-state index in [1.165, 1.54) is 12.1 Å². The standard InChI is InChI=1S/C18H12Cl2F3N3O2/c1-2-28-17(27)15-16(24-10-4-5-11(19)12(20)8-10)26-13-6-3-9(18(21,22)23)7-14(13)25-15/h3-8H,2H2,1H3,(H,24,26). The SMILES string of the molecule is CCOC(=O)c1nc2cc(C(F)(F)F)ccc2nc1Nc1ccc(Cl)c(Cl)c1. The molecule has 0 amide bonds. The molecule has 3 rings (SSSR count). The first-order valence-electron chi connectivity index (χ1n) is 7.97. The van der Waals surface area contributed by atoms with Crippen LogP contribution in [0.2, 0.25) is 10.0 Å². The van der Waals surface area contributed by atoms with Crippen LogP contribution in [0.25, 0.3) is 11.0 Å². The second-order valence-electron chi connectivity index (χ2n) is 5.60. The van der Waals surface area contributed by atoms with Crippen molar-refractivity contribution in [2.75, 3.05) is 11.9 Å². The van der Waals surface area contributed by atoms with E-state index < -0.39 is 17.7 Å². The monoisotopic (exact) mass is 429 g/mol. The molecule has 28 heavy (non-hydrogen) atoms. The van der Waals surface area contributed by atoms with E-state index in [4.69, 9.17) is 27.9 Å². The zero-order chi connectivity index (χ0) is 20.5. The van der Waals surface area contributed by atoms with E-state index in [-0.39, 0.29) is 34.2 Å². The number of anilines is 2. The largest absolute Gasteiger partial charge is 0.461 e. The molecule has 1 aromatic heterocycles. The van der Waals surface area contributed by atoms with Crippen molar-refractivity contribution in [3.63, 3.8) is 0 Å². The van der Waals surface area contributed by atoms with Crippen LogP contribution in [0.1, 0.15) is 23.0 Å². The number of fused-ring (bicyclic) bond motifs is 1. The lowest BCUT2D eigenvalue weighted by atomic mass is 10.2. The number of halogens is 5. The van der Waals surface area contributed by atoms with Crippen molar-refractivity contribution in [3.05, 3.63) is 57.7 Å². The number of carbonyl (C=O) groups is 1. The third-order valence-corrected chi connectivity index (χ3v) is 4.38. The van der Waals surface area contributed by atoms with E-state index in [2.05, 4.69) is 15.3 Å². The number of hydrogen-bond acceptors (Lipinski definition) is 5. The van der Waals surface area contributed by atoms with Crippen molar-refractivity contribution in [1.29, 1.82) is 0 Å². The average Bonchev–Trinajstić information content (AvgIpc) is 2.63. The lowest BCUT2D eigenvalue weighted by Gasteiger charge is -2.13. The zero-order valence-electron chi connectivity index (χ0n) is 14.3. The van der Waals surface area contributed by atoms with Gasteiger partial charge < -0.3 is 10.1 Å². The van der Waals surface area contributed by atoms with Crippen LogP contribution in [-0.2, 0) is 10.9 Å². The van der Waals surface area contributed by atoms with E-state index in [9.17, 15) is 18.0 Å². The van der Waals surface area contributed by atoms with Gasteiger partial charge in [-0.25, -0.2) is 14.8 Å². The number of rotatable bonds is 4. The first-order valence-corrected chi connectivity index (χ1v) is 8.73. The molecule has 1 heterocycles. The topological polar surface area (TPSA) is 64.1 Å². The lowest BCUT2D eigenvalue weighted by molar-refractivity contribution is -0.137. The normalized spacial score (nSPS) is 11.5. The number of esters is 1. The number of nitrogens with one attached hydrogen (secondary N) is 1. The molecule has 0 radical (unpaired) electrons. The molecule has 2 aromatic carbocycles. The van der Waals surface area contributed by atoms with Gasteiger partial charge in [0.1, 0.15) is 0 Å². The maximum Gasteiger partial charge on any atom is 0.416 e. The number of ether oxygens (including phenoxy) is 1. The van der Waals surface area contributed by atoms with Crippen molar-refractivity contribution < 1.29 is 22.7 Å². The van der Waals surface area contributed by atoms with Crippen molar-refractivity contribution in [3.8, 4) is 0 Å². The molecule has 3 aromatic rings. The Morgan fingerprint density at radius 1 is 1.07 bits per heavy atom. The summed E-state index contributed by atoms with van der Waals surface area (Å²) in [6, 6.07) is 7.55. The first-order chi connectivity index (χ1) is 13.2. The van der Waals surface area contributed by atoms with E-state index in [0.29, 0.717) is 10.7 Å². The summed E-state index contributed by atoms with van der Waals surface area (Å²) in [4.78, 5) is 20.5. The highest BCUT2D eigenvalue weighted by Crippen LogP contribution is 2.32. The Labute approximate surface area is 167 Å². The Hall–Kier alpha value is -2.58. The van der Waals surface area contributed by atoms with Crippen LogP contribution in [0.3, 0.4) is 0 Å². The van der Waals surface area contributed by atoms with Crippen LogP contribution in [-0.4, -0.2) is 22.5 Å².